The molecule has 0 aliphatic carbocycles. The van der Waals surface area contributed by atoms with Crippen LogP contribution in [0.1, 0.15) is 32.1 Å². The van der Waals surface area contributed by atoms with Crippen LogP contribution in [0.2, 0.25) is 0 Å². The zero-order valence-electron chi connectivity index (χ0n) is 12.7. The van der Waals surface area contributed by atoms with Gasteiger partial charge in [-0.25, -0.2) is 4.79 Å². The van der Waals surface area contributed by atoms with Crippen LogP contribution in [0.5, 0.6) is 0 Å². The highest BCUT2D eigenvalue weighted by Gasteiger charge is 2.15. The summed E-state index contributed by atoms with van der Waals surface area (Å²) >= 11 is 0. The van der Waals surface area contributed by atoms with Crippen molar-refractivity contribution in [3.05, 3.63) is 0 Å². The van der Waals surface area contributed by atoms with Crippen LogP contribution in [0, 0.1) is 0 Å². The highest BCUT2D eigenvalue weighted by atomic mass is 16.5. The molecule has 116 valence electrons. The van der Waals surface area contributed by atoms with E-state index in [1.807, 2.05) is 4.90 Å². The molecule has 1 aliphatic heterocycles. The van der Waals surface area contributed by atoms with E-state index in [0.717, 1.165) is 38.8 Å². The summed E-state index contributed by atoms with van der Waals surface area (Å²) < 4.78 is 4.93. The average molecular weight is 285 g/mol. The summed E-state index contributed by atoms with van der Waals surface area (Å²) in [7, 11) is 3.36. The number of carbonyl (C=O) groups is 2. The van der Waals surface area contributed by atoms with E-state index in [-0.39, 0.29) is 11.9 Å². The third kappa shape index (κ3) is 6.23. The monoisotopic (exact) mass is 285 g/mol. The van der Waals surface area contributed by atoms with Gasteiger partial charge in [0.15, 0.2) is 0 Å². The van der Waals surface area contributed by atoms with E-state index in [1.165, 1.54) is 0 Å². The van der Waals surface area contributed by atoms with Gasteiger partial charge in [0.2, 0.25) is 5.91 Å². The number of nitrogens with one attached hydrogen (secondary N) is 1. The molecule has 0 unspecified atom stereocenters. The van der Waals surface area contributed by atoms with Gasteiger partial charge in [-0.1, -0.05) is 6.42 Å². The van der Waals surface area contributed by atoms with Crippen molar-refractivity contribution in [2.24, 2.45) is 0 Å². The maximum absolute atomic E-state index is 11.8. The van der Waals surface area contributed by atoms with Gasteiger partial charge in [0.1, 0.15) is 0 Å². The van der Waals surface area contributed by atoms with E-state index in [2.05, 4.69) is 5.32 Å². The second-order valence-corrected chi connectivity index (χ2v) is 5.19. The summed E-state index contributed by atoms with van der Waals surface area (Å²) in [6, 6.07) is -0.0933. The fourth-order valence-electron chi connectivity index (χ4n) is 2.20. The molecular formula is C14H27N3O3. The summed E-state index contributed by atoms with van der Waals surface area (Å²) in [5.41, 5.74) is 0. The number of hydrogen-bond donors (Lipinski definition) is 1. The predicted molar refractivity (Wildman–Crippen MR) is 77.6 cm³/mol. The van der Waals surface area contributed by atoms with Crippen LogP contribution in [-0.2, 0) is 9.53 Å². The first-order valence-corrected chi connectivity index (χ1v) is 7.41. The Balaban J connectivity index is 2.14. The summed E-state index contributed by atoms with van der Waals surface area (Å²) in [4.78, 5) is 27.0. The molecule has 20 heavy (non-hydrogen) atoms. The van der Waals surface area contributed by atoms with Crippen molar-refractivity contribution in [3.8, 4) is 0 Å². The van der Waals surface area contributed by atoms with E-state index in [4.69, 9.17) is 4.74 Å². The normalized spacial score (nSPS) is 15.9. The molecule has 0 aromatic carbocycles. The fourth-order valence-corrected chi connectivity index (χ4v) is 2.20. The number of likely N-dealkylation sites (tertiary alicyclic amines) is 1. The van der Waals surface area contributed by atoms with Crippen LogP contribution >= 0.6 is 0 Å². The summed E-state index contributed by atoms with van der Waals surface area (Å²) in [5.74, 6) is 0.256. The van der Waals surface area contributed by atoms with Gasteiger partial charge in [-0.2, -0.15) is 0 Å². The highest BCUT2D eigenvalue weighted by Crippen LogP contribution is 2.11. The van der Waals surface area contributed by atoms with Crippen LogP contribution in [0.25, 0.3) is 0 Å². The molecule has 0 spiro atoms. The first kappa shape index (κ1) is 16.8. The number of nitrogens with zero attached hydrogens (tertiary/aromatic N) is 2. The smallest absolute Gasteiger partial charge is 0.317 e. The predicted octanol–water partition coefficient (Wildman–Crippen LogP) is 1.07. The van der Waals surface area contributed by atoms with Gasteiger partial charge < -0.3 is 19.9 Å². The van der Waals surface area contributed by atoms with E-state index in [9.17, 15) is 9.59 Å². The van der Waals surface area contributed by atoms with Crippen molar-refractivity contribution in [1.82, 2.24) is 15.1 Å². The van der Waals surface area contributed by atoms with Crippen LogP contribution < -0.4 is 5.32 Å². The lowest BCUT2D eigenvalue weighted by Gasteiger charge is -2.21. The number of likely N-dealkylation sites (N-methyl/N-ethyl adjacent to an activating group) is 1. The number of methoxy groups -OCH3 is 1. The molecule has 0 radical (unpaired) electrons. The van der Waals surface area contributed by atoms with Crippen LogP contribution in [0.4, 0.5) is 4.79 Å². The first-order chi connectivity index (χ1) is 9.65. The number of amides is 3. The van der Waals surface area contributed by atoms with Crippen LogP contribution in [0.3, 0.4) is 0 Å². The van der Waals surface area contributed by atoms with Gasteiger partial charge in [0.25, 0.3) is 0 Å². The van der Waals surface area contributed by atoms with E-state index in [1.54, 1.807) is 19.1 Å². The molecule has 0 atom stereocenters. The molecule has 1 N–H and O–H groups in total. The number of rotatable bonds is 7. The van der Waals surface area contributed by atoms with E-state index < -0.39 is 0 Å². The standard InChI is InChI=1S/C14H27N3O3/c1-16(11-12-20-2)14(19)15-8-6-10-17-9-5-3-4-7-13(17)18/h3-12H2,1-2H3,(H,15,19). The Bertz CT molecular complexity index is 310. The lowest BCUT2D eigenvalue weighted by Crippen LogP contribution is -2.40. The first-order valence-electron chi connectivity index (χ1n) is 7.41. The lowest BCUT2D eigenvalue weighted by atomic mass is 10.2. The van der Waals surface area contributed by atoms with Crippen molar-refractivity contribution in [1.29, 1.82) is 0 Å². The quantitative estimate of drug-likeness (QED) is 0.712. The minimum absolute atomic E-state index is 0.0933. The Hall–Kier alpha value is -1.30. The van der Waals surface area contributed by atoms with Gasteiger partial charge >= 0.3 is 6.03 Å². The largest absolute Gasteiger partial charge is 0.383 e. The minimum Gasteiger partial charge on any atom is -0.383 e. The molecule has 6 heteroatoms. The molecule has 0 aromatic heterocycles. The Morgan fingerprint density at radius 3 is 2.95 bits per heavy atom. The zero-order valence-corrected chi connectivity index (χ0v) is 12.7. The lowest BCUT2D eigenvalue weighted by molar-refractivity contribution is -0.130. The molecule has 1 saturated heterocycles. The molecule has 0 bridgehead atoms. The van der Waals surface area contributed by atoms with Crippen LogP contribution in [-0.4, -0.2) is 68.7 Å². The van der Waals surface area contributed by atoms with Crippen molar-refractivity contribution in [2.45, 2.75) is 32.1 Å². The van der Waals surface area contributed by atoms with Gasteiger partial charge in [-0.3, -0.25) is 4.79 Å². The second kappa shape index (κ2) is 9.58. The Kier molecular flexibility index (Phi) is 8.02. The molecule has 1 fully saturated rings. The Morgan fingerprint density at radius 2 is 2.20 bits per heavy atom. The van der Waals surface area contributed by atoms with Crippen molar-refractivity contribution in [3.63, 3.8) is 0 Å². The van der Waals surface area contributed by atoms with E-state index >= 15 is 0 Å². The number of urea groups is 1. The number of ether oxygens (including phenoxy) is 1. The molecule has 0 aromatic rings. The number of hydrogen-bond acceptors (Lipinski definition) is 3. The summed E-state index contributed by atoms with van der Waals surface area (Å²) in [6.07, 6.45) is 4.72. The molecule has 1 aliphatic rings. The van der Waals surface area contributed by atoms with Gasteiger partial charge in [-0.05, 0) is 19.3 Å². The number of carbonyl (C=O) groups excluding carboxylic acids is 2. The van der Waals surface area contributed by atoms with Crippen molar-refractivity contribution in [2.75, 3.05) is 46.9 Å². The summed E-state index contributed by atoms with van der Waals surface area (Å²) in [6.45, 7) is 3.31. The third-order valence-electron chi connectivity index (χ3n) is 3.53. The summed E-state index contributed by atoms with van der Waals surface area (Å²) in [5, 5.41) is 2.85. The molecule has 1 heterocycles. The molecular weight excluding hydrogens is 258 g/mol. The van der Waals surface area contributed by atoms with Gasteiger partial charge in [0.05, 0.1) is 6.61 Å². The van der Waals surface area contributed by atoms with Gasteiger partial charge in [-0.15, -0.1) is 0 Å². The minimum atomic E-state index is -0.0933. The van der Waals surface area contributed by atoms with E-state index in [0.29, 0.717) is 26.1 Å². The second-order valence-electron chi connectivity index (χ2n) is 5.19. The fraction of sp³-hybridized carbons (Fsp3) is 0.857. The average Bonchev–Trinajstić information content (AvgIpc) is 2.65. The topological polar surface area (TPSA) is 61.9 Å². The SMILES string of the molecule is COCCN(C)C(=O)NCCCN1CCCCCC1=O. The third-order valence-corrected chi connectivity index (χ3v) is 3.53. The highest BCUT2D eigenvalue weighted by molar-refractivity contribution is 5.76. The molecule has 0 saturated carbocycles. The van der Waals surface area contributed by atoms with Gasteiger partial charge in [0, 0.05) is 46.8 Å². The molecule has 3 amide bonds. The van der Waals surface area contributed by atoms with Crippen molar-refractivity contribution < 1.29 is 14.3 Å². The molecule has 1 rings (SSSR count). The van der Waals surface area contributed by atoms with Crippen LogP contribution in [0.15, 0.2) is 0 Å². The molecule has 6 nitrogen and oxygen atoms in total. The zero-order chi connectivity index (χ0) is 14.8. The Labute approximate surface area is 121 Å². The van der Waals surface area contributed by atoms with Crippen molar-refractivity contribution >= 4 is 11.9 Å². The maximum atomic E-state index is 11.8. The maximum Gasteiger partial charge on any atom is 0.317 e. The Morgan fingerprint density at radius 1 is 1.40 bits per heavy atom.